The maximum Gasteiger partial charge on any atom is 0.338 e. The van der Waals surface area contributed by atoms with Gasteiger partial charge in [-0.15, -0.1) is 0 Å². The number of esters is 1. The fraction of sp³-hybridized carbons (Fsp3) is 0.611. The van der Waals surface area contributed by atoms with Crippen molar-refractivity contribution >= 4 is 31.3 Å². The first-order chi connectivity index (χ1) is 11.9. The molecule has 1 aromatic rings. The summed E-state index contributed by atoms with van der Waals surface area (Å²) in [6, 6.07) is 6.73. The molecule has 0 saturated carbocycles. The first kappa shape index (κ1) is 21.8. The highest BCUT2D eigenvalue weighted by atomic mass is 33.1. The lowest BCUT2D eigenvalue weighted by Crippen LogP contribution is -2.06. The summed E-state index contributed by atoms with van der Waals surface area (Å²) >= 11 is 0. The van der Waals surface area contributed by atoms with E-state index in [1.807, 2.05) is 0 Å². The fourth-order valence-electron chi connectivity index (χ4n) is 2.34. The lowest BCUT2D eigenvalue weighted by Gasteiger charge is -2.05. The number of rotatable bonds is 13. The van der Waals surface area contributed by atoms with Crippen LogP contribution in [0.2, 0.25) is 0 Å². The number of carbonyl (C=O) groups is 1. The van der Waals surface area contributed by atoms with Gasteiger partial charge in [-0.05, 0) is 47.9 Å². The molecule has 0 atom stereocenters. The van der Waals surface area contributed by atoms with Crippen molar-refractivity contribution in [2.45, 2.75) is 51.4 Å². The summed E-state index contributed by atoms with van der Waals surface area (Å²) in [4.78, 5) is 11.8. The molecule has 7 heteroatoms. The Labute approximate surface area is 155 Å². The number of unbranched alkanes of at least 4 members (excludes halogenated alkanes) is 7. The highest BCUT2D eigenvalue weighted by Crippen LogP contribution is 2.15. The molecular formula is C18H29NO4S2. The third-order valence-electron chi connectivity index (χ3n) is 3.72. The van der Waals surface area contributed by atoms with Gasteiger partial charge in [0.25, 0.3) is 0 Å². The molecule has 0 aromatic heterocycles. The van der Waals surface area contributed by atoms with Crippen LogP contribution in [0.5, 0.6) is 0 Å². The lowest BCUT2D eigenvalue weighted by atomic mass is 10.1. The number of nitrogen functional groups attached to an aromatic ring is 1. The number of ether oxygens (including phenoxy) is 1. The molecule has 142 valence electrons. The molecule has 0 unspecified atom stereocenters. The van der Waals surface area contributed by atoms with Gasteiger partial charge >= 0.3 is 5.97 Å². The van der Waals surface area contributed by atoms with Gasteiger partial charge in [-0.2, -0.15) is 0 Å². The van der Waals surface area contributed by atoms with Crippen LogP contribution in [0.3, 0.4) is 0 Å². The van der Waals surface area contributed by atoms with Crippen LogP contribution in [0.25, 0.3) is 0 Å². The molecule has 0 aliphatic heterocycles. The molecule has 1 aromatic carbocycles. The van der Waals surface area contributed by atoms with Gasteiger partial charge in [-0.1, -0.05) is 38.5 Å². The van der Waals surface area contributed by atoms with Crippen LogP contribution >= 0.6 is 10.8 Å². The summed E-state index contributed by atoms with van der Waals surface area (Å²) in [5.41, 5.74) is 6.74. The molecule has 5 nitrogen and oxygen atoms in total. The minimum absolute atomic E-state index is 0.299. The molecule has 0 radical (unpaired) electrons. The number of anilines is 1. The van der Waals surface area contributed by atoms with Gasteiger partial charge in [0.2, 0.25) is 0 Å². The highest BCUT2D eigenvalue weighted by Gasteiger charge is 2.06. The summed E-state index contributed by atoms with van der Waals surface area (Å²) in [6.45, 7) is 0.450. The normalized spacial score (nSPS) is 11.4. The minimum atomic E-state index is -2.89. The first-order valence-electron chi connectivity index (χ1n) is 8.75. The van der Waals surface area contributed by atoms with E-state index in [0.29, 0.717) is 23.6 Å². The van der Waals surface area contributed by atoms with E-state index >= 15 is 0 Å². The second-order valence-corrected chi connectivity index (χ2v) is 10.7. The van der Waals surface area contributed by atoms with Gasteiger partial charge in [0.15, 0.2) is 8.87 Å². The zero-order valence-electron chi connectivity index (χ0n) is 14.9. The summed E-state index contributed by atoms with van der Waals surface area (Å²) in [5, 5.41) is 0. The number of hydrogen-bond donors (Lipinski definition) is 1. The van der Waals surface area contributed by atoms with Gasteiger partial charge in [0, 0.05) is 17.7 Å². The predicted octanol–water partition coefficient (Wildman–Crippen LogP) is 4.24. The molecule has 0 heterocycles. The third-order valence-corrected chi connectivity index (χ3v) is 6.38. The zero-order valence-corrected chi connectivity index (χ0v) is 16.5. The number of carbonyl (C=O) groups excluding carboxylic acids is 1. The Morgan fingerprint density at radius 1 is 0.960 bits per heavy atom. The Balaban J connectivity index is 1.90. The van der Waals surface area contributed by atoms with E-state index in [2.05, 4.69) is 0 Å². The van der Waals surface area contributed by atoms with Crippen LogP contribution in [-0.4, -0.2) is 33.0 Å². The predicted molar refractivity (Wildman–Crippen MR) is 105 cm³/mol. The summed E-state index contributed by atoms with van der Waals surface area (Å²) in [6.07, 6.45) is 9.86. The van der Waals surface area contributed by atoms with E-state index < -0.39 is 8.87 Å². The van der Waals surface area contributed by atoms with E-state index in [1.54, 1.807) is 24.3 Å². The molecule has 0 aliphatic rings. The van der Waals surface area contributed by atoms with Crippen molar-refractivity contribution in [1.29, 1.82) is 0 Å². The average Bonchev–Trinajstić information content (AvgIpc) is 2.55. The largest absolute Gasteiger partial charge is 0.462 e. The van der Waals surface area contributed by atoms with Gasteiger partial charge in [0.05, 0.1) is 12.2 Å². The molecule has 0 saturated heterocycles. The molecule has 2 N–H and O–H groups in total. The Bertz CT molecular complexity index is 600. The molecule has 0 bridgehead atoms. The summed E-state index contributed by atoms with van der Waals surface area (Å²) in [5.74, 6) is 0.394. The van der Waals surface area contributed by atoms with Crippen molar-refractivity contribution in [3.63, 3.8) is 0 Å². The number of benzene rings is 1. The third kappa shape index (κ3) is 11.9. The van der Waals surface area contributed by atoms with Gasteiger partial charge in [-0.25, -0.2) is 13.2 Å². The van der Waals surface area contributed by atoms with Crippen molar-refractivity contribution < 1.29 is 17.9 Å². The van der Waals surface area contributed by atoms with Crippen LogP contribution in [0.1, 0.15) is 61.7 Å². The second kappa shape index (κ2) is 12.2. The van der Waals surface area contributed by atoms with Crippen LogP contribution in [0, 0.1) is 0 Å². The van der Waals surface area contributed by atoms with Gasteiger partial charge < -0.3 is 10.5 Å². The molecule has 0 fully saturated rings. The van der Waals surface area contributed by atoms with Crippen LogP contribution in [0.4, 0.5) is 5.69 Å². The van der Waals surface area contributed by atoms with Crippen LogP contribution in [-0.2, 0) is 13.6 Å². The SMILES string of the molecule is CS(=O)(=O)SCCCCCCCCCCOC(=O)c1ccc(N)cc1. The van der Waals surface area contributed by atoms with E-state index in [4.69, 9.17) is 10.5 Å². The summed E-state index contributed by atoms with van der Waals surface area (Å²) in [7, 11) is -1.85. The van der Waals surface area contributed by atoms with E-state index in [1.165, 1.54) is 19.1 Å². The maximum atomic E-state index is 11.8. The average molecular weight is 388 g/mol. The fourth-order valence-corrected chi connectivity index (χ4v) is 4.23. The van der Waals surface area contributed by atoms with Gasteiger partial charge in [-0.3, -0.25) is 0 Å². The van der Waals surface area contributed by atoms with Crippen LogP contribution in [0.15, 0.2) is 24.3 Å². The Kier molecular flexibility index (Phi) is 10.6. The van der Waals surface area contributed by atoms with Gasteiger partial charge in [0.1, 0.15) is 0 Å². The van der Waals surface area contributed by atoms with Crippen molar-refractivity contribution in [1.82, 2.24) is 0 Å². The topological polar surface area (TPSA) is 86.5 Å². The van der Waals surface area contributed by atoms with Crippen LogP contribution < -0.4 is 5.73 Å². The molecule has 0 amide bonds. The molecular weight excluding hydrogens is 358 g/mol. The van der Waals surface area contributed by atoms with Crippen molar-refractivity contribution in [2.24, 2.45) is 0 Å². The zero-order chi connectivity index (χ0) is 18.5. The maximum absolute atomic E-state index is 11.8. The Hall–Kier alpha value is -1.21. The highest BCUT2D eigenvalue weighted by molar-refractivity contribution is 8.71. The molecule has 1 rings (SSSR count). The molecule has 25 heavy (non-hydrogen) atoms. The standard InChI is InChI=1S/C18H29NO4S2/c1-25(21,22)24-15-9-7-5-3-2-4-6-8-14-23-18(20)16-10-12-17(19)13-11-16/h10-13H,2-9,14-15,19H2,1H3. The van der Waals surface area contributed by atoms with E-state index in [-0.39, 0.29) is 5.97 Å². The molecule has 0 spiro atoms. The monoisotopic (exact) mass is 387 g/mol. The Morgan fingerprint density at radius 2 is 1.48 bits per heavy atom. The first-order valence-corrected chi connectivity index (χ1v) is 12.1. The van der Waals surface area contributed by atoms with Crippen molar-refractivity contribution in [3.8, 4) is 0 Å². The number of hydrogen-bond acceptors (Lipinski definition) is 6. The Morgan fingerprint density at radius 3 is 2.04 bits per heavy atom. The molecule has 0 aliphatic carbocycles. The van der Waals surface area contributed by atoms with Crippen molar-refractivity contribution in [2.75, 3.05) is 24.3 Å². The smallest absolute Gasteiger partial charge is 0.338 e. The van der Waals surface area contributed by atoms with Crippen molar-refractivity contribution in [3.05, 3.63) is 29.8 Å². The minimum Gasteiger partial charge on any atom is -0.462 e. The van der Waals surface area contributed by atoms with E-state index in [9.17, 15) is 13.2 Å². The quantitative estimate of drug-likeness (QED) is 0.236. The summed E-state index contributed by atoms with van der Waals surface area (Å²) < 4.78 is 27.1. The number of nitrogens with two attached hydrogens (primary N) is 1. The lowest BCUT2D eigenvalue weighted by molar-refractivity contribution is 0.0497. The second-order valence-electron chi connectivity index (χ2n) is 6.11. The van der Waals surface area contributed by atoms with E-state index in [0.717, 1.165) is 49.3 Å².